The van der Waals surface area contributed by atoms with Gasteiger partial charge in [0.05, 0.1) is 17.3 Å². The predicted molar refractivity (Wildman–Crippen MR) is 144 cm³/mol. The van der Waals surface area contributed by atoms with Crippen LogP contribution in [0.15, 0.2) is 54.6 Å². The van der Waals surface area contributed by atoms with Crippen molar-refractivity contribution in [2.24, 2.45) is 0 Å². The molecule has 1 spiro atoms. The summed E-state index contributed by atoms with van der Waals surface area (Å²) in [4.78, 5) is 60.9. The van der Waals surface area contributed by atoms with E-state index in [1.165, 1.54) is 6.92 Å². The lowest BCUT2D eigenvalue weighted by molar-refractivity contribution is -0.143. The van der Waals surface area contributed by atoms with Crippen LogP contribution in [-0.2, 0) is 14.4 Å². The number of carbonyl (C=O) groups excluding carboxylic acids is 4. The summed E-state index contributed by atoms with van der Waals surface area (Å²) < 4.78 is 0. The summed E-state index contributed by atoms with van der Waals surface area (Å²) in [6.45, 7) is 4.59. The first-order chi connectivity index (χ1) is 18.3. The van der Waals surface area contributed by atoms with E-state index in [4.69, 9.17) is 11.6 Å². The zero-order valence-corrected chi connectivity index (χ0v) is 22.3. The lowest BCUT2D eigenvalue weighted by Crippen LogP contribution is -2.57. The molecule has 0 aromatic heterocycles. The Hall–Kier alpha value is -3.59. The van der Waals surface area contributed by atoms with E-state index in [0.29, 0.717) is 69.4 Å². The molecule has 9 nitrogen and oxygen atoms in total. The van der Waals surface area contributed by atoms with Gasteiger partial charge in [0.2, 0.25) is 11.8 Å². The fourth-order valence-electron chi connectivity index (χ4n) is 5.74. The minimum atomic E-state index is -0.827. The number of likely N-dealkylation sites (tertiary alicyclic amines) is 1. The van der Waals surface area contributed by atoms with Crippen molar-refractivity contribution in [1.29, 1.82) is 0 Å². The quantitative estimate of drug-likeness (QED) is 0.597. The fourth-order valence-corrected chi connectivity index (χ4v) is 5.96. The Morgan fingerprint density at radius 3 is 2.05 bits per heavy atom. The van der Waals surface area contributed by atoms with E-state index in [0.717, 1.165) is 5.69 Å². The number of benzene rings is 2. The number of piperazine rings is 1. The smallest absolute Gasteiger partial charge is 0.255 e. The Kier molecular flexibility index (Phi) is 7.29. The highest BCUT2D eigenvalue weighted by Gasteiger charge is 2.54. The molecule has 2 aromatic rings. The van der Waals surface area contributed by atoms with Gasteiger partial charge in [-0.1, -0.05) is 41.9 Å². The molecule has 10 heteroatoms. The molecule has 2 aromatic carbocycles. The number of hydrogen-bond acceptors (Lipinski definition) is 5. The largest absolute Gasteiger partial charge is 0.339 e. The van der Waals surface area contributed by atoms with Crippen LogP contribution in [-0.4, -0.2) is 101 Å². The highest BCUT2D eigenvalue weighted by molar-refractivity contribution is 6.33. The van der Waals surface area contributed by atoms with E-state index in [1.54, 1.807) is 43.9 Å². The SMILES string of the molecule is CC(=O)N1CCN(C(=O)CN2CN(c3ccccc3)C3(CCN(C(=O)c4ccccc4Cl)CC3)C2=O)CC1. The van der Waals surface area contributed by atoms with E-state index >= 15 is 0 Å². The summed E-state index contributed by atoms with van der Waals surface area (Å²) in [5.74, 6) is -0.328. The van der Waals surface area contributed by atoms with Crippen LogP contribution in [0.1, 0.15) is 30.1 Å². The van der Waals surface area contributed by atoms with Crippen LogP contribution in [0.25, 0.3) is 0 Å². The van der Waals surface area contributed by atoms with Crippen molar-refractivity contribution >= 4 is 40.9 Å². The zero-order valence-electron chi connectivity index (χ0n) is 21.5. The summed E-state index contributed by atoms with van der Waals surface area (Å²) in [5.41, 5.74) is 0.545. The van der Waals surface area contributed by atoms with Crippen molar-refractivity contribution in [2.45, 2.75) is 25.3 Å². The minimum absolute atomic E-state index is 0.00613. The highest BCUT2D eigenvalue weighted by Crippen LogP contribution is 2.40. The molecule has 3 aliphatic heterocycles. The second-order valence-corrected chi connectivity index (χ2v) is 10.5. The Morgan fingerprint density at radius 1 is 0.816 bits per heavy atom. The van der Waals surface area contributed by atoms with Gasteiger partial charge in [-0.2, -0.15) is 0 Å². The van der Waals surface area contributed by atoms with Crippen LogP contribution >= 0.6 is 11.6 Å². The Bertz CT molecular complexity index is 1220. The number of piperidine rings is 1. The second kappa shape index (κ2) is 10.6. The van der Waals surface area contributed by atoms with Crippen LogP contribution in [0.3, 0.4) is 0 Å². The average molecular weight is 538 g/mol. The molecule has 200 valence electrons. The third-order valence-corrected chi connectivity index (χ3v) is 8.30. The van der Waals surface area contributed by atoms with Gasteiger partial charge >= 0.3 is 0 Å². The van der Waals surface area contributed by atoms with E-state index in [1.807, 2.05) is 30.3 Å². The van der Waals surface area contributed by atoms with Crippen molar-refractivity contribution in [1.82, 2.24) is 19.6 Å². The number of para-hydroxylation sites is 1. The van der Waals surface area contributed by atoms with E-state index in [2.05, 4.69) is 4.90 Å². The van der Waals surface area contributed by atoms with Crippen LogP contribution in [0, 0.1) is 0 Å². The van der Waals surface area contributed by atoms with Crippen molar-refractivity contribution in [2.75, 3.05) is 57.4 Å². The maximum Gasteiger partial charge on any atom is 0.255 e. The number of carbonyl (C=O) groups is 4. The molecule has 3 saturated heterocycles. The van der Waals surface area contributed by atoms with Gasteiger partial charge in [0.1, 0.15) is 12.1 Å². The molecular formula is C28H32ClN5O4. The molecule has 5 rings (SSSR count). The summed E-state index contributed by atoms with van der Waals surface area (Å²) in [6, 6.07) is 16.8. The average Bonchev–Trinajstić information content (AvgIpc) is 3.20. The normalized spacial score (nSPS) is 19.3. The fraction of sp³-hybridized carbons (Fsp3) is 0.429. The zero-order chi connectivity index (χ0) is 26.9. The first kappa shape index (κ1) is 26.0. The maximum atomic E-state index is 14.0. The van der Waals surface area contributed by atoms with Crippen molar-refractivity contribution < 1.29 is 19.2 Å². The van der Waals surface area contributed by atoms with Crippen molar-refractivity contribution in [3.63, 3.8) is 0 Å². The van der Waals surface area contributed by atoms with Gasteiger partial charge in [-0.15, -0.1) is 0 Å². The molecule has 3 fully saturated rings. The molecule has 0 atom stereocenters. The molecule has 0 bridgehead atoms. The van der Waals surface area contributed by atoms with Crippen molar-refractivity contribution in [3.05, 3.63) is 65.2 Å². The maximum absolute atomic E-state index is 14.0. The molecule has 0 aliphatic carbocycles. The van der Waals surface area contributed by atoms with Gasteiger partial charge in [0.15, 0.2) is 0 Å². The summed E-state index contributed by atoms with van der Waals surface area (Å²) >= 11 is 6.27. The van der Waals surface area contributed by atoms with Crippen LogP contribution in [0.4, 0.5) is 5.69 Å². The number of anilines is 1. The third kappa shape index (κ3) is 4.82. The number of rotatable bonds is 4. The van der Waals surface area contributed by atoms with Crippen LogP contribution in [0.2, 0.25) is 5.02 Å². The standard InChI is InChI=1S/C28H32ClN5O4/c1-21(35)30-15-17-31(18-16-30)25(36)19-33-20-34(22-7-3-2-4-8-22)28(27(33)38)11-13-32(14-12-28)26(37)23-9-5-6-10-24(23)29/h2-10H,11-20H2,1H3. The van der Waals surface area contributed by atoms with Crippen LogP contribution in [0.5, 0.6) is 0 Å². The van der Waals surface area contributed by atoms with Gasteiger partial charge < -0.3 is 24.5 Å². The van der Waals surface area contributed by atoms with Gasteiger partial charge in [0.25, 0.3) is 11.8 Å². The molecule has 38 heavy (non-hydrogen) atoms. The van der Waals surface area contributed by atoms with Crippen molar-refractivity contribution in [3.8, 4) is 0 Å². The highest BCUT2D eigenvalue weighted by atomic mass is 35.5. The molecule has 0 radical (unpaired) electrons. The van der Waals surface area contributed by atoms with E-state index < -0.39 is 5.54 Å². The molecule has 3 aliphatic rings. The molecule has 4 amide bonds. The van der Waals surface area contributed by atoms with E-state index in [-0.39, 0.29) is 30.2 Å². The van der Waals surface area contributed by atoms with Crippen LogP contribution < -0.4 is 4.90 Å². The lowest BCUT2D eigenvalue weighted by atomic mass is 9.85. The molecule has 3 heterocycles. The topological polar surface area (TPSA) is 84.5 Å². The Balaban J connectivity index is 1.32. The molecule has 0 saturated carbocycles. The van der Waals surface area contributed by atoms with Gasteiger partial charge in [0, 0.05) is 51.9 Å². The molecule has 0 N–H and O–H groups in total. The third-order valence-electron chi connectivity index (χ3n) is 7.97. The number of amides is 4. The second-order valence-electron chi connectivity index (χ2n) is 10.1. The predicted octanol–water partition coefficient (Wildman–Crippen LogP) is 2.31. The Morgan fingerprint density at radius 2 is 1.42 bits per heavy atom. The monoisotopic (exact) mass is 537 g/mol. The molecule has 0 unspecified atom stereocenters. The summed E-state index contributed by atoms with van der Waals surface area (Å²) in [7, 11) is 0. The van der Waals surface area contributed by atoms with Gasteiger partial charge in [-0.3, -0.25) is 19.2 Å². The molecular weight excluding hydrogens is 506 g/mol. The van der Waals surface area contributed by atoms with Gasteiger partial charge in [-0.25, -0.2) is 0 Å². The number of hydrogen-bond donors (Lipinski definition) is 0. The first-order valence-corrected chi connectivity index (χ1v) is 13.4. The van der Waals surface area contributed by atoms with E-state index in [9.17, 15) is 19.2 Å². The van der Waals surface area contributed by atoms with Gasteiger partial charge in [-0.05, 0) is 37.1 Å². The first-order valence-electron chi connectivity index (χ1n) is 13.0. The lowest BCUT2D eigenvalue weighted by Gasteiger charge is -2.43. The summed E-state index contributed by atoms with van der Waals surface area (Å²) in [6.07, 6.45) is 0.914. The Labute approximate surface area is 227 Å². The summed E-state index contributed by atoms with van der Waals surface area (Å²) in [5, 5.41) is 0.412. The number of halogens is 1. The minimum Gasteiger partial charge on any atom is -0.339 e. The number of nitrogens with zero attached hydrogens (tertiary/aromatic N) is 5.